The number of rotatable bonds is 7. The van der Waals surface area contributed by atoms with Crippen LogP contribution in [0.25, 0.3) is 0 Å². The van der Waals surface area contributed by atoms with Crippen LogP contribution in [0.15, 0.2) is 24.3 Å². The van der Waals surface area contributed by atoms with Crippen LogP contribution in [0.1, 0.15) is 41.8 Å². The molecule has 7 heteroatoms. The third-order valence-corrected chi connectivity index (χ3v) is 6.05. The van der Waals surface area contributed by atoms with E-state index < -0.39 is 5.60 Å². The van der Waals surface area contributed by atoms with Crippen LogP contribution in [0.4, 0.5) is 0 Å². The molecule has 3 rings (SSSR count). The molecule has 1 unspecified atom stereocenters. The van der Waals surface area contributed by atoms with Gasteiger partial charge in [-0.1, -0.05) is 12.1 Å². The molecule has 0 saturated carbocycles. The van der Waals surface area contributed by atoms with Crippen LogP contribution in [0.2, 0.25) is 0 Å². The van der Waals surface area contributed by atoms with E-state index in [1.807, 2.05) is 50.1 Å². The second-order valence-electron chi connectivity index (χ2n) is 8.57. The number of H-pyrrole nitrogens is 1. The number of nitrogens with one attached hydrogen (secondary N) is 1. The highest BCUT2D eigenvalue weighted by atomic mass is 16.5. The van der Waals surface area contributed by atoms with Crippen molar-refractivity contribution >= 4 is 5.91 Å². The second-order valence-corrected chi connectivity index (χ2v) is 8.57. The van der Waals surface area contributed by atoms with Crippen molar-refractivity contribution in [3.05, 3.63) is 46.8 Å². The third-order valence-electron chi connectivity index (χ3n) is 6.05. The summed E-state index contributed by atoms with van der Waals surface area (Å²) in [6.07, 6.45) is 2.47. The van der Waals surface area contributed by atoms with Gasteiger partial charge in [0.15, 0.2) is 0 Å². The minimum atomic E-state index is -0.780. The molecule has 1 aromatic carbocycles. The number of likely N-dealkylation sites (N-methyl/N-ethyl adjacent to an activating group) is 1. The molecule has 0 radical (unpaired) electrons. The molecule has 164 valence electrons. The molecule has 1 aliphatic rings. The van der Waals surface area contributed by atoms with Crippen molar-refractivity contribution in [1.29, 1.82) is 0 Å². The molecule has 1 fully saturated rings. The first-order valence-electron chi connectivity index (χ1n) is 10.6. The molecule has 30 heavy (non-hydrogen) atoms. The molecule has 2 aromatic rings. The average Bonchev–Trinajstić information content (AvgIpc) is 2.90. The number of aliphatic hydroxyl groups is 1. The van der Waals surface area contributed by atoms with Gasteiger partial charge in [0, 0.05) is 37.4 Å². The Hall–Kier alpha value is -2.38. The number of aromatic amines is 1. The van der Waals surface area contributed by atoms with Crippen molar-refractivity contribution in [1.82, 2.24) is 20.0 Å². The fraction of sp³-hybridized carbons (Fsp3) is 0.565. The van der Waals surface area contributed by atoms with Gasteiger partial charge in [0.1, 0.15) is 5.75 Å². The van der Waals surface area contributed by atoms with E-state index in [1.165, 1.54) is 5.56 Å². The Bertz CT molecular complexity index is 829. The first kappa shape index (κ1) is 22.3. The first-order valence-corrected chi connectivity index (χ1v) is 10.6. The van der Waals surface area contributed by atoms with Crippen LogP contribution in [-0.4, -0.2) is 70.4 Å². The average molecular weight is 415 g/mol. The molecule has 1 atom stereocenters. The van der Waals surface area contributed by atoms with Gasteiger partial charge in [0.25, 0.3) is 0 Å². The van der Waals surface area contributed by atoms with Crippen molar-refractivity contribution in [2.75, 3.05) is 33.8 Å². The number of aryl methyl sites for hydroxylation is 2. The molecule has 0 spiro atoms. The van der Waals surface area contributed by atoms with Crippen LogP contribution in [0.5, 0.6) is 5.75 Å². The monoisotopic (exact) mass is 414 g/mol. The van der Waals surface area contributed by atoms with Gasteiger partial charge >= 0.3 is 0 Å². The van der Waals surface area contributed by atoms with Crippen molar-refractivity contribution in [3.63, 3.8) is 0 Å². The summed E-state index contributed by atoms with van der Waals surface area (Å²) in [6, 6.07) is 8.01. The molecule has 0 bridgehead atoms. The van der Waals surface area contributed by atoms with Gasteiger partial charge in [-0.15, -0.1) is 0 Å². The summed E-state index contributed by atoms with van der Waals surface area (Å²) < 4.78 is 5.21. The van der Waals surface area contributed by atoms with E-state index in [0.29, 0.717) is 38.9 Å². The molecular formula is C23H34N4O3. The van der Waals surface area contributed by atoms with E-state index in [-0.39, 0.29) is 5.91 Å². The van der Waals surface area contributed by atoms with E-state index in [1.54, 1.807) is 7.11 Å². The maximum Gasteiger partial charge on any atom is 0.227 e. The number of nitrogens with zero attached hydrogens (tertiary/aromatic N) is 3. The van der Waals surface area contributed by atoms with Crippen LogP contribution >= 0.6 is 0 Å². The Morgan fingerprint density at radius 1 is 1.27 bits per heavy atom. The number of aromatic nitrogens is 2. The van der Waals surface area contributed by atoms with Crippen LogP contribution < -0.4 is 4.74 Å². The zero-order chi connectivity index (χ0) is 21.7. The van der Waals surface area contributed by atoms with Gasteiger partial charge < -0.3 is 14.7 Å². The number of methoxy groups -OCH3 is 1. The highest BCUT2D eigenvalue weighted by molar-refractivity contribution is 5.79. The lowest BCUT2D eigenvalue weighted by Crippen LogP contribution is -2.42. The molecule has 2 heterocycles. The molecule has 2 N–H and O–H groups in total. The lowest BCUT2D eigenvalue weighted by molar-refractivity contribution is -0.130. The highest BCUT2D eigenvalue weighted by Gasteiger charge is 2.32. The molecule has 1 aromatic heterocycles. The van der Waals surface area contributed by atoms with Gasteiger partial charge in [-0.05, 0) is 57.9 Å². The Labute approximate surface area is 179 Å². The van der Waals surface area contributed by atoms with Crippen molar-refractivity contribution in [3.8, 4) is 5.75 Å². The summed E-state index contributed by atoms with van der Waals surface area (Å²) in [6.45, 7) is 6.49. The first-order chi connectivity index (χ1) is 14.3. The number of benzene rings is 1. The lowest BCUT2D eigenvalue weighted by atomic mass is 9.94. The normalized spacial score (nSPS) is 19.7. The number of carbonyl (C=O) groups excluding carboxylic acids is 1. The topological polar surface area (TPSA) is 81.7 Å². The molecule has 7 nitrogen and oxygen atoms in total. The fourth-order valence-electron chi connectivity index (χ4n) is 4.28. The standard InChI is InChI=1S/C23H34N4O3/c1-17-21(18(2)25-24-17)14-22(28)27-12-5-10-23(29,11-13-27)16-26(3)15-19-6-8-20(30-4)9-7-19/h6-9,29H,5,10-16H2,1-4H3,(H,24,25). The van der Waals surface area contributed by atoms with Gasteiger partial charge in [-0.25, -0.2) is 0 Å². The van der Waals surface area contributed by atoms with Crippen LogP contribution in [0.3, 0.4) is 0 Å². The van der Waals surface area contributed by atoms with Gasteiger partial charge in [-0.2, -0.15) is 5.10 Å². The second kappa shape index (κ2) is 9.62. The van der Waals surface area contributed by atoms with E-state index in [2.05, 4.69) is 15.1 Å². The highest BCUT2D eigenvalue weighted by Crippen LogP contribution is 2.25. The third kappa shape index (κ3) is 5.61. The number of hydrogen-bond acceptors (Lipinski definition) is 5. The maximum absolute atomic E-state index is 12.8. The molecule has 1 amide bonds. The zero-order valence-corrected chi connectivity index (χ0v) is 18.6. The largest absolute Gasteiger partial charge is 0.497 e. The summed E-state index contributed by atoms with van der Waals surface area (Å²) >= 11 is 0. The van der Waals surface area contributed by atoms with E-state index in [0.717, 1.165) is 35.7 Å². The van der Waals surface area contributed by atoms with Gasteiger partial charge in [0.05, 0.1) is 24.8 Å². The Morgan fingerprint density at radius 3 is 2.63 bits per heavy atom. The number of amides is 1. The molecule has 1 saturated heterocycles. The minimum absolute atomic E-state index is 0.110. The van der Waals surface area contributed by atoms with Crippen LogP contribution in [-0.2, 0) is 17.8 Å². The Kier molecular flexibility index (Phi) is 7.15. The summed E-state index contributed by atoms with van der Waals surface area (Å²) in [7, 11) is 3.69. The predicted octanol–water partition coefficient (Wildman–Crippen LogP) is 2.45. The number of likely N-dealkylation sites (tertiary alicyclic amines) is 1. The maximum atomic E-state index is 12.8. The summed E-state index contributed by atoms with van der Waals surface area (Å²) in [5.41, 5.74) is 3.22. The summed E-state index contributed by atoms with van der Waals surface area (Å²) in [5, 5.41) is 18.3. The van der Waals surface area contributed by atoms with Gasteiger partial charge in [-0.3, -0.25) is 14.8 Å². The predicted molar refractivity (Wildman–Crippen MR) is 116 cm³/mol. The molecule has 1 aliphatic heterocycles. The molecular weight excluding hydrogens is 380 g/mol. The van der Waals surface area contributed by atoms with Gasteiger partial charge in [0.2, 0.25) is 5.91 Å². The summed E-state index contributed by atoms with van der Waals surface area (Å²) in [4.78, 5) is 16.9. The van der Waals surface area contributed by atoms with E-state index >= 15 is 0 Å². The Morgan fingerprint density at radius 2 is 2.00 bits per heavy atom. The fourth-order valence-corrected chi connectivity index (χ4v) is 4.28. The zero-order valence-electron chi connectivity index (χ0n) is 18.6. The van der Waals surface area contributed by atoms with E-state index in [4.69, 9.17) is 4.74 Å². The van der Waals surface area contributed by atoms with Crippen molar-refractivity contribution < 1.29 is 14.6 Å². The smallest absolute Gasteiger partial charge is 0.227 e. The molecule has 0 aliphatic carbocycles. The number of hydrogen-bond donors (Lipinski definition) is 2. The summed E-state index contributed by atoms with van der Waals surface area (Å²) in [5.74, 6) is 0.952. The SMILES string of the molecule is COc1ccc(CN(C)CC2(O)CCCN(C(=O)Cc3c(C)n[nH]c3C)CC2)cc1. The Balaban J connectivity index is 1.54. The number of ether oxygens (including phenoxy) is 1. The van der Waals surface area contributed by atoms with Crippen molar-refractivity contribution in [2.45, 2.75) is 51.7 Å². The number of carbonyl (C=O) groups is 1. The quantitative estimate of drug-likeness (QED) is 0.727. The van der Waals surface area contributed by atoms with Crippen LogP contribution in [0, 0.1) is 13.8 Å². The minimum Gasteiger partial charge on any atom is -0.497 e. The lowest BCUT2D eigenvalue weighted by Gasteiger charge is -2.32. The van der Waals surface area contributed by atoms with E-state index in [9.17, 15) is 9.90 Å². The van der Waals surface area contributed by atoms with Crippen molar-refractivity contribution in [2.24, 2.45) is 0 Å².